The molecule has 0 atom stereocenters. The average molecular weight is 328 g/mol. The van der Waals surface area contributed by atoms with Crippen molar-refractivity contribution in [1.29, 1.82) is 0 Å². The van der Waals surface area contributed by atoms with Crippen LogP contribution in [-0.4, -0.2) is 39.1 Å². The molecule has 1 rings (SSSR count). The summed E-state index contributed by atoms with van der Waals surface area (Å²) in [6.45, 7) is 2.20. The molecule has 0 saturated heterocycles. The average Bonchev–Trinajstić information content (AvgIpc) is 2.41. The van der Waals surface area contributed by atoms with E-state index in [1.165, 1.54) is 25.1 Å². The minimum Gasteiger partial charge on any atom is -0.452 e. The number of sulfone groups is 1. The summed E-state index contributed by atoms with van der Waals surface area (Å²) in [6.07, 6.45) is 1.02. The van der Waals surface area contributed by atoms with Crippen molar-refractivity contribution in [2.45, 2.75) is 18.7 Å². The van der Waals surface area contributed by atoms with Crippen LogP contribution in [0, 0.1) is 6.92 Å². The number of rotatable bonds is 4. The molecule has 0 aliphatic heterocycles. The molecular weight excluding hydrogens is 312 g/mol. The Kier molecular flexibility index (Phi) is 5.63. The molecule has 9 heteroatoms. The predicted molar refractivity (Wildman–Crippen MR) is 76.5 cm³/mol. The van der Waals surface area contributed by atoms with Gasteiger partial charge in [-0.1, -0.05) is 6.07 Å². The van der Waals surface area contributed by atoms with Crippen LogP contribution in [0.3, 0.4) is 0 Å². The molecule has 1 aromatic carbocycles. The van der Waals surface area contributed by atoms with Crippen LogP contribution >= 0.6 is 0 Å². The van der Waals surface area contributed by atoms with E-state index >= 15 is 0 Å². The number of carbonyl (C=O) groups excluding carboxylic acids is 3. The lowest BCUT2D eigenvalue weighted by Gasteiger charge is -2.09. The number of amides is 2. The van der Waals surface area contributed by atoms with E-state index in [0.717, 1.165) is 6.26 Å². The second kappa shape index (κ2) is 7.03. The van der Waals surface area contributed by atoms with Gasteiger partial charge < -0.3 is 4.74 Å². The van der Waals surface area contributed by atoms with Gasteiger partial charge in [-0.15, -0.1) is 0 Å². The first-order chi connectivity index (χ1) is 10.1. The van der Waals surface area contributed by atoms with Gasteiger partial charge in [0.05, 0.1) is 10.5 Å². The van der Waals surface area contributed by atoms with Crippen LogP contribution in [0.4, 0.5) is 0 Å². The van der Waals surface area contributed by atoms with Crippen LogP contribution in [0.15, 0.2) is 23.1 Å². The lowest BCUT2D eigenvalue weighted by molar-refractivity contribution is -0.129. The van der Waals surface area contributed by atoms with Crippen molar-refractivity contribution in [2.75, 3.05) is 12.9 Å². The van der Waals surface area contributed by atoms with Gasteiger partial charge in [-0.05, 0) is 24.6 Å². The molecule has 0 spiro atoms. The number of nitrogens with one attached hydrogen (secondary N) is 2. The summed E-state index contributed by atoms with van der Waals surface area (Å²) in [7, 11) is -3.46. The Balaban J connectivity index is 2.77. The Hall–Kier alpha value is -2.42. The Morgan fingerprint density at radius 3 is 2.36 bits per heavy atom. The Bertz CT molecular complexity index is 711. The molecule has 1 aromatic rings. The number of hydrogen-bond acceptors (Lipinski definition) is 6. The summed E-state index contributed by atoms with van der Waals surface area (Å²) in [4.78, 5) is 33.8. The third kappa shape index (κ3) is 5.17. The summed E-state index contributed by atoms with van der Waals surface area (Å²) < 4.78 is 27.7. The monoisotopic (exact) mass is 328 g/mol. The van der Waals surface area contributed by atoms with Crippen molar-refractivity contribution in [3.63, 3.8) is 0 Å². The van der Waals surface area contributed by atoms with E-state index < -0.39 is 34.2 Å². The first kappa shape index (κ1) is 17.6. The van der Waals surface area contributed by atoms with Crippen molar-refractivity contribution in [1.82, 2.24) is 10.9 Å². The minimum atomic E-state index is -3.46. The molecule has 120 valence electrons. The zero-order valence-electron chi connectivity index (χ0n) is 12.3. The van der Waals surface area contributed by atoms with Gasteiger partial charge in [-0.3, -0.25) is 20.4 Å². The molecule has 22 heavy (non-hydrogen) atoms. The number of benzene rings is 1. The van der Waals surface area contributed by atoms with E-state index in [4.69, 9.17) is 4.74 Å². The summed E-state index contributed by atoms with van der Waals surface area (Å²) >= 11 is 0. The van der Waals surface area contributed by atoms with Crippen molar-refractivity contribution in [3.05, 3.63) is 29.3 Å². The number of aryl methyl sites for hydroxylation is 1. The van der Waals surface area contributed by atoms with Gasteiger partial charge in [0.1, 0.15) is 0 Å². The van der Waals surface area contributed by atoms with E-state index in [9.17, 15) is 22.8 Å². The number of hydrazine groups is 1. The van der Waals surface area contributed by atoms with E-state index in [2.05, 4.69) is 0 Å². The maximum Gasteiger partial charge on any atom is 0.338 e. The van der Waals surface area contributed by atoms with Gasteiger partial charge in [0, 0.05) is 13.2 Å². The molecular formula is C13H16N2O6S. The van der Waals surface area contributed by atoms with Crippen molar-refractivity contribution in [3.8, 4) is 0 Å². The largest absolute Gasteiger partial charge is 0.452 e. The van der Waals surface area contributed by atoms with Gasteiger partial charge in [-0.2, -0.15) is 0 Å². The molecule has 0 fully saturated rings. The number of hydrogen-bond donors (Lipinski definition) is 2. The van der Waals surface area contributed by atoms with E-state index in [1.807, 2.05) is 10.9 Å². The van der Waals surface area contributed by atoms with Crippen LogP contribution in [-0.2, 0) is 24.2 Å². The fourth-order valence-electron chi connectivity index (χ4n) is 1.45. The van der Waals surface area contributed by atoms with Crippen LogP contribution in [0.1, 0.15) is 22.8 Å². The minimum absolute atomic E-state index is 0.0206. The fourth-order valence-corrected chi connectivity index (χ4v) is 2.10. The predicted octanol–water partition coefficient (Wildman–Crippen LogP) is -0.277. The summed E-state index contributed by atoms with van der Waals surface area (Å²) in [5.41, 5.74) is 4.63. The highest BCUT2D eigenvalue weighted by Crippen LogP contribution is 2.16. The summed E-state index contributed by atoms with van der Waals surface area (Å²) in [5, 5.41) is 0. The van der Waals surface area contributed by atoms with Crippen LogP contribution < -0.4 is 10.9 Å². The molecule has 0 aliphatic carbocycles. The third-order valence-corrected chi connectivity index (χ3v) is 3.68. The molecule has 2 amide bonds. The highest BCUT2D eigenvalue weighted by Gasteiger charge is 2.16. The molecule has 0 aromatic heterocycles. The molecule has 0 heterocycles. The van der Waals surface area contributed by atoms with Crippen molar-refractivity contribution < 1.29 is 27.5 Å². The lowest BCUT2D eigenvalue weighted by Crippen LogP contribution is -2.42. The zero-order chi connectivity index (χ0) is 16.9. The molecule has 0 aliphatic rings. The van der Waals surface area contributed by atoms with Crippen LogP contribution in [0.2, 0.25) is 0 Å². The fraction of sp³-hybridized carbons (Fsp3) is 0.308. The highest BCUT2D eigenvalue weighted by molar-refractivity contribution is 7.90. The second-order valence-corrected chi connectivity index (χ2v) is 6.57. The number of carbonyl (C=O) groups is 3. The van der Waals surface area contributed by atoms with Gasteiger partial charge in [-0.25, -0.2) is 13.2 Å². The lowest BCUT2D eigenvalue weighted by atomic mass is 10.1. The van der Waals surface area contributed by atoms with E-state index in [0.29, 0.717) is 5.56 Å². The van der Waals surface area contributed by atoms with Crippen molar-refractivity contribution in [2.24, 2.45) is 0 Å². The maximum atomic E-state index is 11.9. The molecule has 0 radical (unpaired) electrons. The first-order valence-electron chi connectivity index (χ1n) is 6.14. The highest BCUT2D eigenvalue weighted by atomic mass is 32.2. The second-order valence-electron chi connectivity index (χ2n) is 4.55. The summed E-state index contributed by atoms with van der Waals surface area (Å²) in [6, 6.07) is 4.05. The van der Waals surface area contributed by atoms with Gasteiger partial charge >= 0.3 is 5.97 Å². The van der Waals surface area contributed by atoms with Gasteiger partial charge in [0.25, 0.3) is 5.91 Å². The van der Waals surface area contributed by atoms with Gasteiger partial charge in [0.2, 0.25) is 5.91 Å². The Labute approximate surface area is 127 Å². The third-order valence-electron chi connectivity index (χ3n) is 2.57. The topological polar surface area (TPSA) is 119 Å². The van der Waals surface area contributed by atoms with E-state index in [-0.39, 0.29) is 10.5 Å². The van der Waals surface area contributed by atoms with Crippen molar-refractivity contribution >= 4 is 27.6 Å². The molecule has 8 nitrogen and oxygen atoms in total. The normalized spacial score (nSPS) is 10.7. The van der Waals surface area contributed by atoms with Crippen LogP contribution in [0.25, 0.3) is 0 Å². The molecule has 0 unspecified atom stereocenters. The quantitative estimate of drug-likeness (QED) is 0.580. The SMILES string of the molecule is CC(=O)NNC(=O)COC(=O)c1cc(S(C)(=O)=O)ccc1C. The molecule has 0 bridgehead atoms. The number of ether oxygens (including phenoxy) is 1. The smallest absolute Gasteiger partial charge is 0.338 e. The standard InChI is InChI=1S/C13H16N2O6S/c1-8-4-5-10(22(3,19)20)6-11(8)13(18)21-7-12(17)15-14-9(2)16/h4-6H,7H2,1-3H3,(H,14,16)(H,15,17). The Morgan fingerprint density at radius 1 is 1.18 bits per heavy atom. The molecule has 2 N–H and O–H groups in total. The first-order valence-corrected chi connectivity index (χ1v) is 8.03. The maximum absolute atomic E-state index is 11.9. The van der Waals surface area contributed by atoms with Crippen LogP contribution in [0.5, 0.6) is 0 Å². The zero-order valence-corrected chi connectivity index (χ0v) is 13.1. The van der Waals surface area contributed by atoms with Gasteiger partial charge in [0.15, 0.2) is 16.4 Å². The van der Waals surface area contributed by atoms with E-state index in [1.54, 1.807) is 6.92 Å². The summed E-state index contributed by atoms with van der Waals surface area (Å²) in [5.74, 6) is -2.03. The Morgan fingerprint density at radius 2 is 1.82 bits per heavy atom. The number of esters is 1. The molecule has 0 saturated carbocycles.